The van der Waals surface area contributed by atoms with Gasteiger partial charge in [0.05, 0.1) is 7.11 Å². The summed E-state index contributed by atoms with van der Waals surface area (Å²) in [5.41, 5.74) is 2.03. The minimum absolute atomic E-state index is 0.0608. The number of hydrogen-bond acceptors (Lipinski definition) is 3. The Balaban J connectivity index is 1.95. The van der Waals surface area contributed by atoms with Gasteiger partial charge < -0.3 is 14.4 Å². The van der Waals surface area contributed by atoms with E-state index in [4.69, 9.17) is 9.84 Å². The summed E-state index contributed by atoms with van der Waals surface area (Å²) in [4.78, 5) is 14.8. The largest absolute Gasteiger partial charge is 0.497 e. The third kappa shape index (κ3) is 2.58. The molecular weight excluding hydrogens is 268 g/mol. The maximum Gasteiger partial charge on any atom is 0.354 e. The van der Waals surface area contributed by atoms with Crippen molar-refractivity contribution in [1.29, 1.82) is 0 Å². The Kier molecular flexibility index (Phi) is 3.31. The van der Waals surface area contributed by atoms with Crippen LogP contribution in [0.25, 0.3) is 10.9 Å². The summed E-state index contributed by atoms with van der Waals surface area (Å²) in [5.74, 6) is -0.198. The van der Waals surface area contributed by atoms with Crippen molar-refractivity contribution in [3.8, 4) is 5.75 Å². The highest BCUT2D eigenvalue weighted by molar-refractivity contribution is 5.85. The van der Waals surface area contributed by atoms with Crippen LogP contribution in [0.15, 0.2) is 48.8 Å². The van der Waals surface area contributed by atoms with E-state index in [9.17, 15) is 4.79 Å². The number of aromatic nitrogens is 2. The first-order chi connectivity index (χ1) is 10.2. The van der Waals surface area contributed by atoms with Crippen molar-refractivity contribution in [2.75, 3.05) is 7.11 Å². The lowest BCUT2D eigenvalue weighted by Crippen LogP contribution is -2.03. The van der Waals surface area contributed by atoms with Gasteiger partial charge in [0.25, 0.3) is 0 Å². The quantitative estimate of drug-likeness (QED) is 0.799. The van der Waals surface area contributed by atoms with Gasteiger partial charge in [0.1, 0.15) is 11.4 Å². The number of fused-ring (bicyclic) bond motifs is 1. The van der Waals surface area contributed by atoms with Crippen LogP contribution in [0.4, 0.5) is 0 Å². The van der Waals surface area contributed by atoms with Crippen LogP contribution < -0.4 is 4.74 Å². The molecular formula is C16H14N2O3. The average Bonchev–Trinajstić information content (AvgIpc) is 2.89. The zero-order chi connectivity index (χ0) is 14.8. The van der Waals surface area contributed by atoms with Gasteiger partial charge in [-0.2, -0.15) is 0 Å². The summed E-state index contributed by atoms with van der Waals surface area (Å²) in [6, 6.07) is 11.3. The second-order valence-corrected chi connectivity index (χ2v) is 4.72. The summed E-state index contributed by atoms with van der Waals surface area (Å²) in [7, 11) is 1.64. The third-order valence-electron chi connectivity index (χ3n) is 3.37. The first-order valence-corrected chi connectivity index (χ1v) is 6.48. The Morgan fingerprint density at radius 2 is 2.14 bits per heavy atom. The molecule has 0 spiro atoms. The fourth-order valence-corrected chi connectivity index (χ4v) is 2.33. The van der Waals surface area contributed by atoms with E-state index in [-0.39, 0.29) is 5.69 Å². The van der Waals surface area contributed by atoms with E-state index in [0.29, 0.717) is 6.54 Å². The van der Waals surface area contributed by atoms with Gasteiger partial charge >= 0.3 is 5.97 Å². The zero-order valence-corrected chi connectivity index (χ0v) is 11.5. The van der Waals surface area contributed by atoms with Crippen LogP contribution in [0.3, 0.4) is 0 Å². The van der Waals surface area contributed by atoms with Gasteiger partial charge in [-0.25, -0.2) is 9.78 Å². The predicted molar refractivity (Wildman–Crippen MR) is 78.8 cm³/mol. The number of aromatic carboxylic acids is 1. The molecule has 0 radical (unpaired) electrons. The summed E-state index contributed by atoms with van der Waals surface area (Å²) in [5, 5.41) is 10.1. The Morgan fingerprint density at radius 1 is 1.29 bits per heavy atom. The van der Waals surface area contributed by atoms with E-state index >= 15 is 0 Å². The number of rotatable bonds is 4. The first-order valence-electron chi connectivity index (χ1n) is 6.48. The summed E-state index contributed by atoms with van der Waals surface area (Å²) < 4.78 is 7.27. The highest BCUT2D eigenvalue weighted by atomic mass is 16.5. The number of ether oxygens (including phenoxy) is 1. The van der Waals surface area contributed by atoms with E-state index in [1.807, 2.05) is 36.5 Å². The monoisotopic (exact) mass is 282 g/mol. The lowest BCUT2D eigenvalue weighted by Gasteiger charge is -2.07. The van der Waals surface area contributed by atoms with Crippen LogP contribution in [-0.2, 0) is 6.54 Å². The van der Waals surface area contributed by atoms with E-state index in [1.165, 1.54) is 6.20 Å². The second-order valence-electron chi connectivity index (χ2n) is 4.72. The van der Waals surface area contributed by atoms with Gasteiger partial charge in [0, 0.05) is 29.8 Å². The molecule has 1 N–H and O–H groups in total. The molecule has 0 aliphatic carbocycles. The van der Waals surface area contributed by atoms with Crippen molar-refractivity contribution in [2.45, 2.75) is 6.54 Å². The number of carboxylic acid groups (broad SMARTS) is 1. The van der Waals surface area contributed by atoms with E-state index in [0.717, 1.165) is 22.2 Å². The summed E-state index contributed by atoms with van der Waals surface area (Å²) in [6.07, 6.45) is 3.50. The van der Waals surface area contributed by atoms with Gasteiger partial charge in [-0.15, -0.1) is 0 Å². The van der Waals surface area contributed by atoms with Crippen molar-refractivity contribution < 1.29 is 14.6 Å². The standard InChI is InChI=1S/C16H14N2O3/c1-21-13-2-3-15-12(9-13)5-7-18(15)10-11-4-6-17-14(8-11)16(19)20/h2-9H,10H2,1H3,(H,19,20). The van der Waals surface area contributed by atoms with Gasteiger partial charge in [0.2, 0.25) is 0 Å². The van der Waals surface area contributed by atoms with Gasteiger partial charge in [-0.3, -0.25) is 0 Å². The van der Waals surface area contributed by atoms with Gasteiger partial charge in [-0.1, -0.05) is 0 Å². The number of carbonyl (C=O) groups is 1. The molecule has 0 saturated carbocycles. The Hall–Kier alpha value is -2.82. The molecule has 2 aromatic heterocycles. The smallest absolute Gasteiger partial charge is 0.354 e. The van der Waals surface area contributed by atoms with Crippen molar-refractivity contribution in [3.05, 3.63) is 60.0 Å². The molecule has 3 rings (SSSR count). The third-order valence-corrected chi connectivity index (χ3v) is 3.37. The average molecular weight is 282 g/mol. The number of methoxy groups -OCH3 is 1. The molecule has 0 fully saturated rings. The predicted octanol–water partition coefficient (Wildman–Crippen LogP) is 2.79. The molecule has 0 aliphatic heterocycles. The molecule has 0 atom stereocenters. The Morgan fingerprint density at radius 3 is 2.90 bits per heavy atom. The molecule has 2 heterocycles. The molecule has 0 unspecified atom stereocenters. The van der Waals surface area contributed by atoms with E-state index in [1.54, 1.807) is 13.2 Å². The second kappa shape index (κ2) is 5.28. The molecule has 106 valence electrons. The number of nitrogens with zero attached hydrogens (tertiary/aromatic N) is 2. The highest BCUT2D eigenvalue weighted by Crippen LogP contribution is 2.22. The van der Waals surface area contributed by atoms with Crippen LogP contribution in [-0.4, -0.2) is 27.7 Å². The molecule has 1 aromatic carbocycles. The lowest BCUT2D eigenvalue weighted by atomic mass is 10.2. The maximum absolute atomic E-state index is 11.0. The maximum atomic E-state index is 11.0. The number of carboxylic acids is 1. The minimum Gasteiger partial charge on any atom is -0.497 e. The van der Waals surface area contributed by atoms with Crippen LogP contribution in [0.2, 0.25) is 0 Å². The van der Waals surface area contributed by atoms with Crippen molar-refractivity contribution in [3.63, 3.8) is 0 Å². The fourth-order valence-electron chi connectivity index (χ4n) is 2.33. The van der Waals surface area contributed by atoms with Crippen LogP contribution >= 0.6 is 0 Å². The number of pyridine rings is 1. The lowest BCUT2D eigenvalue weighted by molar-refractivity contribution is 0.0690. The summed E-state index contributed by atoms with van der Waals surface area (Å²) in [6.45, 7) is 0.596. The van der Waals surface area contributed by atoms with Gasteiger partial charge in [-0.05, 0) is 42.0 Å². The van der Waals surface area contributed by atoms with Crippen molar-refractivity contribution in [2.24, 2.45) is 0 Å². The topological polar surface area (TPSA) is 64.4 Å². The minimum atomic E-state index is -1.01. The molecule has 5 heteroatoms. The molecule has 3 aromatic rings. The molecule has 21 heavy (non-hydrogen) atoms. The van der Waals surface area contributed by atoms with Crippen LogP contribution in [0.5, 0.6) is 5.75 Å². The molecule has 0 amide bonds. The van der Waals surface area contributed by atoms with Crippen LogP contribution in [0, 0.1) is 0 Å². The highest BCUT2D eigenvalue weighted by Gasteiger charge is 2.07. The van der Waals surface area contributed by atoms with E-state index < -0.39 is 5.97 Å². The normalized spacial score (nSPS) is 10.7. The Bertz CT molecular complexity index is 808. The molecule has 0 aliphatic rings. The summed E-state index contributed by atoms with van der Waals surface area (Å²) >= 11 is 0. The number of benzene rings is 1. The van der Waals surface area contributed by atoms with Gasteiger partial charge in [0.15, 0.2) is 0 Å². The van der Waals surface area contributed by atoms with Crippen molar-refractivity contribution in [1.82, 2.24) is 9.55 Å². The zero-order valence-electron chi connectivity index (χ0n) is 11.5. The molecule has 0 bridgehead atoms. The molecule has 5 nitrogen and oxygen atoms in total. The first kappa shape index (κ1) is 13.2. The SMILES string of the molecule is COc1ccc2c(ccn2Cc2ccnc(C(=O)O)c2)c1. The van der Waals surface area contributed by atoms with Crippen molar-refractivity contribution >= 4 is 16.9 Å². The van der Waals surface area contributed by atoms with E-state index in [2.05, 4.69) is 9.55 Å². The Labute approximate surface area is 121 Å². The molecule has 0 saturated heterocycles. The fraction of sp³-hybridized carbons (Fsp3) is 0.125. The van der Waals surface area contributed by atoms with Crippen LogP contribution in [0.1, 0.15) is 16.1 Å². The number of hydrogen-bond donors (Lipinski definition) is 1.